The monoisotopic (exact) mass is 356 g/mol. The molecule has 0 aromatic carbocycles. The summed E-state index contributed by atoms with van der Waals surface area (Å²) < 4.78 is 23.1. The molecule has 0 fully saturated rings. The molecule has 0 heterocycles. The van der Waals surface area contributed by atoms with Gasteiger partial charge in [0.25, 0.3) is 0 Å². The highest BCUT2D eigenvalue weighted by Crippen LogP contribution is 2.49. The van der Waals surface area contributed by atoms with Crippen LogP contribution in [0.3, 0.4) is 0 Å². The second-order valence-electron chi connectivity index (χ2n) is 5.90. The molecule has 0 rings (SSSR count). The lowest BCUT2D eigenvalue weighted by atomic mass is 10.2. The molecule has 0 spiro atoms. The van der Waals surface area contributed by atoms with E-state index in [2.05, 4.69) is 44.7 Å². The molecule has 0 aliphatic carbocycles. The molecule has 0 bridgehead atoms. The van der Waals surface area contributed by atoms with Crippen molar-refractivity contribution in [2.45, 2.75) is 78.1 Å². The summed E-state index contributed by atoms with van der Waals surface area (Å²) in [7, 11) is -3.14. The van der Waals surface area contributed by atoms with E-state index in [4.69, 9.17) is 9.05 Å². The first-order valence-electron chi connectivity index (χ1n) is 9.51. The standard InChI is InChI=1S/C20H37O3P/c1-4-7-9-11-13-15-17-19-22-24(21,6-3)23-20-18-16-14-12-10-8-5-2/h6,13-16H,3-5,7-12,17-20H2,1-2H3/b15-13-,16-14-. The van der Waals surface area contributed by atoms with E-state index < -0.39 is 7.60 Å². The number of hydrogen-bond acceptors (Lipinski definition) is 3. The molecule has 0 radical (unpaired) electrons. The maximum atomic E-state index is 12.3. The van der Waals surface area contributed by atoms with Crippen LogP contribution in [0.2, 0.25) is 0 Å². The summed E-state index contributed by atoms with van der Waals surface area (Å²) in [5.74, 6) is 1.31. The lowest BCUT2D eigenvalue weighted by Gasteiger charge is -2.13. The molecule has 0 saturated heterocycles. The van der Waals surface area contributed by atoms with Crippen LogP contribution in [-0.2, 0) is 13.6 Å². The van der Waals surface area contributed by atoms with E-state index in [1.54, 1.807) is 0 Å². The average molecular weight is 356 g/mol. The van der Waals surface area contributed by atoms with E-state index in [9.17, 15) is 4.57 Å². The van der Waals surface area contributed by atoms with Gasteiger partial charge in [-0.25, -0.2) is 0 Å². The molecule has 0 aliphatic rings. The Morgan fingerprint density at radius 3 is 1.54 bits per heavy atom. The summed E-state index contributed by atoms with van der Waals surface area (Å²) in [6, 6.07) is 0. The number of unbranched alkanes of at least 4 members (excludes halogenated alkanes) is 6. The van der Waals surface area contributed by atoms with Gasteiger partial charge in [0.15, 0.2) is 0 Å². The Bertz CT molecular complexity index is 358. The van der Waals surface area contributed by atoms with Crippen molar-refractivity contribution in [3.05, 3.63) is 36.7 Å². The summed E-state index contributed by atoms with van der Waals surface area (Å²) >= 11 is 0. The Kier molecular flexibility index (Phi) is 16.7. The molecule has 4 heteroatoms. The van der Waals surface area contributed by atoms with E-state index in [1.807, 2.05) is 0 Å². The molecule has 0 N–H and O–H groups in total. The molecule has 0 aromatic rings. The molecule has 0 atom stereocenters. The van der Waals surface area contributed by atoms with Crippen LogP contribution in [0, 0.1) is 0 Å². The Hall–Kier alpha value is -0.630. The quantitative estimate of drug-likeness (QED) is 0.155. The summed E-state index contributed by atoms with van der Waals surface area (Å²) in [6.45, 7) is 8.79. The normalized spacial score (nSPS) is 12.4. The van der Waals surface area contributed by atoms with E-state index >= 15 is 0 Å². The first-order valence-corrected chi connectivity index (χ1v) is 11.1. The Morgan fingerprint density at radius 2 is 1.17 bits per heavy atom. The van der Waals surface area contributed by atoms with E-state index in [-0.39, 0.29) is 0 Å². The minimum atomic E-state index is -3.14. The van der Waals surface area contributed by atoms with Gasteiger partial charge in [0.2, 0.25) is 0 Å². The zero-order valence-corrected chi connectivity index (χ0v) is 16.6. The van der Waals surface area contributed by atoms with E-state index in [0.717, 1.165) is 25.7 Å². The van der Waals surface area contributed by atoms with Gasteiger partial charge in [-0.05, 0) is 38.5 Å². The van der Waals surface area contributed by atoms with Crippen molar-refractivity contribution in [3.63, 3.8) is 0 Å². The molecule has 24 heavy (non-hydrogen) atoms. The van der Waals surface area contributed by atoms with Gasteiger partial charge in [-0.3, -0.25) is 4.57 Å². The van der Waals surface area contributed by atoms with Gasteiger partial charge < -0.3 is 9.05 Å². The third kappa shape index (κ3) is 14.9. The third-order valence-corrected chi connectivity index (χ3v) is 5.15. The van der Waals surface area contributed by atoms with Crippen LogP contribution in [0.4, 0.5) is 0 Å². The molecule has 0 unspecified atom stereocenters. The highest BCUT2D eigenvalue weighted by atomic mass is 31.2. The van der Waals surface area contributed by atoms with Crippen LogP contribution >= 0.6 is 7.60 Å². The van der Waals surface area contributed by atoms with Gasteiger partial charge in [-0.1, -0.05) is 70.4 Å². The van der Waals surface area contributed by atoms with Crippen molar-refractivity contribution in [1.82, 2.24) is 0 Å². The predicted molar refractivity (Wildman–Crippen MR) is 106 cm³/mol. The van der Waals surface area contributed by atoms with Crippen molar-refractivity contribution in [1.29, 1.82) is 0 Å². The third-order valence-electron chi connectivity index (χ3n) is 3.62. The van der Waals surface area contributed by atoms with Crippen LogP contribution < -0.4 is 0 Å². The fraction of sp³-hybridized carbons (Fsp3) is 0.700. The fourth-order valence-electron chi connectivity index (χ4n) is 2.13. The van der Waals surface area contributed by atoms with Crippen molar-refractivity contribution < 1.29 is 13.6 Å². The lowest BCUT2D eigenvalue weighted by molar-refractivity contribution is 0.218. The summed E-state index contributed by atoms with van der Waals surface area (Å²) in [4.78, 5) is 0. The van der Waals surface area contributed by atoms with Crippen LogP contribution in [-0.4, -0.2) is 13.2 Å². The zero-order valence-electron chi connectivity index (χ0n) is 15.8. The predicted octanol–water partition coefficient (Wildman–Crippen LogP) is 7.41. The fourth-order valence-corrected chi connectivity index (χ4v) is 3.14. The SMILES string of the molecule is C=CP(=O)(OCC/C=C\CCCCC)OCC/C=C\CCCCC. The second-order valence-corrected chi connectivity index (χ2v) is 7.86. The first-order chi connectivity index (χ1) is 11.7. The van der Waals surface area contributed by atoms with Crippen molar-refractivity contribution in [2.24, 2.45) is 0 Å². The molecule has 0 saturated carbocycles. The minimum absolute atomic E-state index is 0.403. The Morgan fingerprint density at radius 1 is 0.750 bits per heavy atom. The highest BCUT2D eigenvalue weighted by Gasteiger charge is 2.18. The zero-order chi connectivity index (χ0) is 17.9. The van der Waals surface area contributed by atoms with Crippen LogP contribution in [0.1, 0.15) is 78.1 Å². The maximum Gasteiger partial charge on any atom is 0.353 e. The average Bonchev–Trinajstić information content (AvgIpc) is 2.59. The number of allylic oxidation sites excluding steroid dienone is 2. The molecular formula is C20H37O3P. The molecule has 0 aliphatic heterocycles. The van der Waals surface area contributed by atoms with Crippen molar-refractivity contribution in [2.75, 3.05) is 13.2 Å². The van der Waals surface area contributed by atoms with Gasteiger partial charge in [0, 0.05) is 5.82 Å². The Labute approximate surface area is 149 Å². The molecular weight excluding hydrogens is 319 g/mol. The van der Waals surface area contributed by atoms with Gasteiger partial charge in [0.1, 0.15) is 0 Å². The number of hydrogen-bond donors (Lipinski definition) is 0. The Balaban J connectivity index is 3.76. The molecule has 140 valence electrons. The van der Waals surface area contributed by atoms with Crippen LogP contribution in [0.15, 0.2) is 36.7 Å². The molecule has 3 nitrogen and oxygen atoms in total. The molecule has 0 amide bonds. The minimum Gasteiger partial charge on any atom is -0.305 e. The van der Waals surface area contributed by atoms with Crippen molar-refractivity contribution >= 4 is 7.60 Å². The van der Waals surface area contributed by atoms with Crippen LogP contribution in [0.5, 0.6) is 0 Å². The van der Waals surface area contributed by atoms with Gasteiger partial charge >= 0.3 is 7.60 Å². The summed E-state index contributed by atoms with van der Waals surface area (Å²) in [6.07, 6.45) is 19.7. The topological polar surface area (TPSA) is 35.5 Å². The summed E-state index contributed by atoms with van der Waals surface area (Å²) in [5, 5.41) is 0. The van der Waals surface area contributed by atoms with E-state index in [0.29, 0.717) is 13.2 Å². The summed E-state index contributed by atoms with van der Waals surface area (Å²) in [5.41, 5.74) is 0. The molecule has 0 aromatic heterocycles. The van der Waals surface area contributed by atoms with E-state index in [1.165, 1.54) is 44.3 Å². The second kappa shape index (κ2) is 17.2. The number of rotatable bonds is 17. The van der Waals surface area contributed by atoms with Crippen molar-refractivity contribution in [3.8, 4) is 0 Å². The maximum absolute atomic E-state index is 12.3. The largest absolute Gasteiger partial charge is 0.353 e. The lowest BCUT2D eigenvalue weighted by Crippen LogP contribution is -1.96. The first kappa shape index (κ1) is 23.4. The van der Waals surface area contributed by atoms with Gasteiger partial charge in [-0.2, -0.15) is 0 Å². The van der Waals surface area contributed by atoms with Crippen LogP contribution in [0.25, 0.3) is 0 Å². The van der Waals surface area contributed by atoms with Gasteiger partial charge in [0.05, 0.1) is 13.2 Å². The highest BCUT2D eigenvalue weighted by molar-refractivity contribution is 7.57. The van der Waals surface area contributed by atoms with Gasteiger partial charge in [-0.15, -0.1) is 0 Å². The smallest absolute Gasteiger partial charge is 0.305 e.